The van der Waals surface area contributed by atoms with Crippen LogP contribution >= 0.6 is 23.2 Å². The van der Waals surface area contributed by atoms with Gasteiger partial charge in [-0.3, -0.25) is 9.59 Å². The van der Waals surface area contributed by atoms with Crippen LogP contribution in [0.1, 0.15) is 30.0 Å². The number of likely N-dealkylation sites (tertiary alicyclic amines) is 1. The van der Waals surface area contributed by atoms with Gasteiger partial charge in [-0.1, -0.05) is 53.5 Å². The molecule has 1 atom stereocenters. The molecule has 0 aromatic heterocycles. The number of carbonyl (C=O) groups excluding carboxylic acids is 2. The average molecular weight is 504 g/mol. The molecular formula is C25H27Cl2N3O4. The summed E-state index contributed by atoms with van der Waals surface area (Å²) < 4.78 is 0. The minimum Gasteiger partial charge on any atom is -0.478 e. The molecule has 2 N–H and O–H groups in total. The molecule has 1 aliphatic heterocycles. The van der Waals surface area contributed by atoms with Crippen LogP contribution in [0, 0.1) is 0 Å². The van der Waals surface area contributed by atoms with Crippen LogP contribution in [0.5, 0.6) is 0 Å². The molecule has 7 nitrogen and oxygen atoms in total. The SMILES string of the molecule is CN(C(=O)Cc1cc(Cl)c(Cl)cc1NC(=O)/C=C/C(=O)O)C(CN1CCCC1)c1ccccc1. The summed E-state index contributed by atoms with van der Waals surface area (Å²) in [7, 11) is 1.78. The highest BCUT2D eigenvalue weighted by atomic mass is 35.5. The maximum Gasteiger partial charge on any atom is 0.328 e. The van der Waals surface area contributed by atoms with E-state index in [1.165, 1.54) is 6.07 Å². The number of rotatable bonds is 9. The molecule has 2 amide bonds. The topological polar surface area (TPSA) is 90.0 Å². The fraction of sp³-hybridized carbons (Fsp3) is 0.320. The predicted octanol–water partition coefficient (Wildman–Crippen LogP) is 4.41. The Labute approximate surface area is 208 Å². The lowest BCUT2D eigenvalue weighted by Crippen LogP contribution is -2.39. The molecule has 9 heteroatoms. The Kier molecular flexibility index (Phi) is 9.10. The summed E-state index contributed by atoms with van der Waals surface area (Å²) in [5, 5.41) is 11.8. The van der Waals surface area contributed by atoms with Crippen molar-refractivity contribution in [3.63, 3.8) is 0 Å². The molecule has 0 aliphatic carbocycles. The zero-order valence-electron chi connectivity index (χ0n) is 18.8. The Hall–Kier alpha value is -2.87. The van der Waals surface area contributed by atoms with E-state index in [0.29, 0.717) is 11.3 Å². The highest BCUT2D eigenvalue weighted by Crippen LogP contribution is 2.31. The number of carboxylic acids is 1. The highest BCUT2D eigenvalue weighted by molar-refractivity contribution is 6.42. The summed E-state index contributed by atoms with van der Waals surface area (Å²) in [6.45, 7) is 2.76. The van der Waals surface area contributed by atoms with Crippen LogP contribution in [0.2, 0.25) is 10.0 Å². The molecule has 1 unspecified atom stereocenters. The number of halogens is 2. The van der Waals surface area contributed by atoms with E-state index < -0.39 is 11.9 Å². The van der Waals surface area contributed by atoms with E-state index in [1.807, 2.05) is 30.3 Å². The van der Waals surface area contributed by atoms with Crippen molar-refractivity contribution in [1.82, 2.24) is 9.80 Å². The van der Waals surface area contributed by atoms with Crippen molar-refractivity contribution in [3.8, 4) is 0 Å². The molecule has 2 aromatic rings. The number of hydrogen-bond donors (Lipinski definition) is 2. The summed E-state index contributed by atoms with van der Waals surface area (Å²) in [6, 6.07) is 12.8. The quantitative estimate of drug-likeness (QED) is 0.494. The van der Waals surface area contributed by atoms with Crippen LogP contribution in [-0.2, 0) is 20.8 Å². The van der Waals surface area contributed by atoms with Gasteiger partial charge >= 0.3 is 5.97 Å². The normalized spacial score (nSPS) is 14.8. The van der Waals surface area contributed by atoms with Gasteiger partial charge in [-0.2, -0.15) is 0 Å². The van der Waals surface area contributed by atoms with E-state index in [-0.39, 0.29) is 28.4 Å². The number of nitrogens with one attached hydrogen (secondary N) is 1. The third-order valence-electron chi connectivity index (χ3n) is 5.80. The Morgan fingerprint density at radius 1 is 1.09 bits per heavy atom. The summed E-state index contributed by atoms with van der Waals surface area (Å²) in [4.78, 5) is 40.3. The van der Waals surface area contributed by atoms with Gasteiger partial charge in [-0.25, -0.2) is 4.79 Å². The minimum atomic E-state index is -1.24. The first kappa shape index (κ1) is 25.7. The molecule has 1 heterocycles. The zero-order valence-corrected chi connectivity index (χ0v) is 20.4. The number of anilines is 1. The van der Waals surface area contributed by atoms with Gasteiger partial charge in [-0.15, -0.1) is 0 Å². The molecule has 0 bridgehead atoms. The molecule has 0 saturated carbocycles. The molecule has 1 fully saturated rings. The minimum absolute atomic E-state index is 0.0189. The molecule has 0 radical (unpaired) electrons. The van der Waals surface area contributed by atoms with E-state index >= 15 is 0 Å². The maximum atomic E-state index is 13.4. The second-order valence-electron chi connectivity index (χ2n) is 8.20. The summed E-state index contributed by atoms with van der Waals surface area (Å²) in [5.74, 6) is -2.05. The maximum absolute atomic E-state index is 13.4. The molecule has 1 aliphatic rings. The summed E-state index contributed by atoms with van der Waals surface area (Å²) in [5.41, 5.74) is 1.83. The van der Waals surface area contributed by atoms with Crippen molar-refractivity contribution < 1.29 is 19.5 Å². The first-order valence-corrected chi connectivity index (χ1v) is 11.7. The second kappa shape index (κ2) is 12.0. The van der Waals surface area contributed by atoms with Crippen LogP contribution < -0.4 is 5.32 Å². The van der Waals surface area contributed by atoms with Gasteiger partial charge in [0.1, 0.15) is 0 Å². The van der Waals surface area contributed by atoms with E-state index in [2.05, 4.69) is 10.2 Å². The van der Waals surface area contributed by atoms with Crippen LogP contribution in [0.4, 0.5) is 5.69 Å². The number of amides is 2. The Bertz CT molecular complexity index is 1070. The first-order chi connectivity index (χ1) is 16.2. The molecule has 0 spiro atoms. The van der Waals surface area contributed by atoms with Crippen molar-refractivity contribution in [2.45, 2.75) is 25.3 Å². The van der Waals surface area contributed by atoms with Gasteiger partial charge in [0.25, 0.3) is 0 Å². The fourth-order valence-electron chi connectivity index (χ4n) is 3.97. The number of hydrogen-bond acceptors (Lipinski definition) is 4. The van der Waals surface area contributed by atoms with Gasteiger partial charge in [0.15, 0.2) is 0 Å². The lowest BCUT2D eigenvalue weighted by atomic mass is 10.0. The van der Waals surface area contributed by atoms with Gasteiger partial charge in [0, 0.05) is 31.4 Å². The smallest absolute Gasteiger partial charge is 0.328 e. The third-order valence-corrected chi connectivity index (χ3v) is 6.52. The van der Waals surface area contributed by atoms with Crippen molar-refractivity contribution in [2.24, 2.45) is 0 Å². The largest absolute Gasteiger partial charge is 0.478 e. The van der Waals surface area contributed by atoms with Crippen LogP contribution in [0.3, 0.4) is 0 Å². The van der Waals surface area contributed by atoms with E-state index in [1.54, 1.807) is 18.0 Å². The number of likely N-dealkylation sites (N-methyl/N-ethyl adjacent to an activating group) is 1. The van der Waals surface area contributed by atoms with E-state index in [0.717, 1.165) is 50.2 Å². The third kappa shape index (κ3) is 7.06. The molecule has 180 valence electrons. The molecule has 1 saturated heterocycles. The lowest BCUT2D eigenvalue weighted by molar-refractivity contribution is -0.132. The number of aliphatic carboxylic acids is 1. The second-order valence-corrected chi connectivity index (χ2v) is 9.01. The number of carboxylic acid groups (broad SMARTS) is 1. The van der Waals surface area contributed by atoms with E-state index in [9.17, 15) is 14.4 Å². The molecule has 2 aromatic carbocycles. The van der Waals surface area contributed by atoms with Gasteiger partial charge in [0.2, 0.25) is 11.8 Å². The fourth-order valence-corrected chi connectivity index (χ4v) is 4.32. The number of nitrogens with zero attached hydrogens (tertiary/aromatic N) is 2. The summed E-state index contributed by atoms with van der Waals surface area (Å²) >= 11 is 12.3. The highest BCUT2D eigenvalue weighted by Gasteiger charge is 2.26. The van der Waals surface area contributed by atoms with Gasteiger partial charge in [0.05, 0.1) is 22.5 Å². The Morgan fingerprint density at radius 2 is 1.74 bits per heavy atom. The van der Waals surface area contributed by atoms with Crippen LogP contribution in [-0.4, -0.2) is 59.4 Å². The molecular weight excluding hydrogens is 477 g/mol. The molecule has 3 rings (SSSR count). The van der Waals surface area contributed by atoms with Gasteiger partial charge in [-0.05, 0) is 49.2 Å². The monoisotopic (exact) mass is 503 g/mol. The lowest BCUT2D eigenvalue weighted by Gasteiger charge is -2.32. The Balaban J connectivity index is 1.82. The molecule has 34 heavy (non-hydrogen) atoms. The average Bonchev–Trinajstić information content (AvgIpc) is 3.33. The Morgan fingerprint density at radius 3 is 2.38 bits per heavy atom. The van der Waals surface area contributed by atoms with Crippen molar-refractivity contribution >= 4 is 46.7 Å². The van der Waals surface area contributed by atoms with E-state index in [4.69, 9.17) is 28.3 Å². The number of carbonyl (C=O) groups is 3. The summed E-state index contributed by atoms with van der Waals surface area (Å²) in [6.07, 6.45) is 3.91. The van der Waals surface area contributed by atoms with Crippen molar-refractivity contribution in [1.29, 1.82) is 0 Å². The van der Waals surface area contributed by atoms with Crippen LogP contribution in [0.15, 0.2) is 54.6 Å². The predicted molar refractivity (Wildman–Crippen MR) is 133 cm³/mol. The standard InChI is InChI=1S/C25H27Cl2N3O4/c1-29(22(16-30-11-5-6-12-30)17-7-3-2-4-8-17)24(32)14-18-13-19(26)20(27)15-21(18)28-23(31)9-10-25(33)34/h2-4,7-10,13,15,22H,5-6,11-12,14,16H2,1H3,(H,28,31)(H,33,34)/b10-9+. The zero-order chi connectivity index (χ0) is 24.7. The van der Waals surface area contributed by atoms with Crippen molar-refractivity contribution in [2.75, 3.05) is 32.0 Å². The van der Waals surface area contributed by atoms with Crippen molar-refractivity contribution in [3.05, 3.63) is 75.8 Å². The van der Waals surface area contributed by atoms with Crippen LogP contribution in [0.25, 0.3) is 0 Å². The van der Waals surface area contributed by atoms with Gasteiger partial charge < -0.3 is 20.2 Å². The first-order valence-electron chi connectivity index (χ1n) is 11.0. The number of benzene rings is 2.